The number of benzene rings is 3. The highest BCUT2D eigenvalue weighted by Gasteiger charge is 2.59. The largest absolute Gasteiger partial charge is 0.452 e. The fourth-order valence-corrected chi connectivity index (χ4v) is 5.30. The molecule has 0 saturated carbocycles. The first-order chi connectivity index (χ1) is 19.2. The van der Waals surface area contributed by atoms with Gasteiger partial charge in [-0.25, -0.2) is 14.5 Å². The number of amidine groups is 1. The van der Waals surface area contributed by atoms with E-state index >= 15 is 0 Å². The molecule has 206 valence electrons. The number of methoxy groups -OCH3 is 2. The molecule has 1 heterocycles. The number of anilines is 1. The summed E-state index contributed by atoms with van der Waals surface area (Å²) in [5, 5.41) is 16.9. The SMILES string of the molecule is COC(=O)N(C(=O)C1(c2ccccc2)SC(N(C)Cc2ccccc2)=NN1C(=O)OC)c1ccc([N+](=O)[O-])cc1. The maximum Gasteiger partial charge on any atom is 0.432 e. The first-order valence-corrected chi connectivity index (χ1v) is 12.7. The topological polar surface area (TPSA) is 135 Å². The maximum atomic E-state index is 14.6. The molecule has 0 spiro atoms. The Morgan fingerprint density at radius 1 is 0.950 bits per heavy atom. The molecule has 1 unspecified atom stereocenters. The van der Waals surface area contributed by atoms with Crippen molar-refractivity contribution in [2.75, 3.05) is 26.2 Å². The van der Waals surface area contributed by atoms with Crippen molar-refractivity contribution in [3.05, 3.63) is 106 Å². The zero-order chi connectivity index (χ0) is 28.9. The van der Waals surface area contributed by atoms with Gasteiger partial charge in [0.2, 0.25) is 4.87 Å². The second kappa shape index (κ2) is 11.9. The van der Waals surface area contributed by atoms with Crippen LogP contribution in [0.1, 0.15) is 11.1 Å². The van der Waals surface area contributed by atoms with Crippen LogP contribution in [0.15, 0.2) is 90.0 Å². The van der Waals surface area contributed by atoms with Crippen LogP contribution in [-0.4, -0.2) is 59.4 Å². The minimum absolute atomic E-state index is 0.00531. The molecule has 0 N–H and O–H groups in total. The van der Waals surface area contributed by atoms with E-state index in [-0.39, 0.29) is 11.4 Å². The van der Waals surface area contributed by atoms with E-state index in [1.165, 1.54) is 12.1 Å². The predicted octanol–water partition coefficient (Wildman–Crippen LogP) is 4.77. The van der Waals surface area contributed by atoms with Crippen molar-refractivity contribution in [3.8, 4) is 0 Å². The highest BCUT2D eigenvalue weighted by Crippen LogP contribution is 2.49. The number of hydrogen-bond donors (Lipinski definition) is 0. The number of rotatable bonds is 6. The van der Waals surface area contributed by atoms with Crippen molar-refractivity contribution in [3.63, 3.8) is 0 Å². The van der Waals surface area contributed by atoms with Crippen molar-refractivity contribution < 1.29 is 28.8 Å². The average molecular weight is 564 g/mol. The van der Waals surface area contributed by atoms with Gasteiger partial charge in [0.15, 0.2) is 5.17 Å². The summed E-state index contributed by atoms with van der Waals surface area (Å²) >= 11 is 0.951. The number of nitrogens with zero attached hydrogens (tertiary/aromatic N) is 5. The lowest BCUT2D eigenvalue weighted by Crippen LogP contribution is -2.55. The number of non-ortho nitro benzene ring substituents is 1. The van der Waals surface area contributed by atoms with Gasteiger partial charge < -0.3 is 14.4 Å². The third-order valence-electron chi connectivity index (χ3n) is 5.99. The smallest absolute Gasteiger partial charge is 0.432 e. The number of imide groups is 1. The van der Waals surface area contributed by atoms with Crippen molar-refractivity contribution >= 4 is 46.4 Å². The van der Waals surface area contributed by atoms with E-state index in [1.807, 2.05) is 30.3 Å². The van der Waals surface area contributed by atoms with Crippen LogP contribution in [0.2, 0.25) is 0 Å². The van der Waals surface area contributed by atoms with Gasteiger partial charge >= 0.3 is 12.2 Å². The Balaban J connectivity index is 1.85. The average Bonchev–Trinajstić information content (AvgIpc) is 3.40. The number of hydrogen-bond acceptors (Lipinski definition) is 10. The van der Waals surface area contributed by atoms with E-state index < -0.39 is 27.9 Å². The second-order valence-electron chi connectivity index (χ2n) is 8.50. The summed E-state index contributed by atoms with van der Waals surface area (Å²) in [6.45, 7) is 0.407. The summed E-state index contributed by atoms with van der Waals surface area (Å²) in [6.07, 6.45) is -2.01. The normalized spacial score (nSPS) is 16.1. The van der Waals surface area contributed by atoms with Crippen LogP contribution >= 0.6 is 11.8 Å². The third kappa shape index (κ3) is 5.31. The van der Waals surface area contributed by atoms with Gasteiger partial charge in [0.25, 0.3) is 11.6 Å². The Bertz CT molecular complexity index is 1440. The summed E-state index contributed by atoms with van der Waals surface area (Å²) in [5.41, 5.74) is 1.05. The number of carbonyl (C=O) groups is 3. The molecule has 4 rings (SSSR count). The van der Waals surface area contributed by atoms with Gasteiger partial charge in [0.05, 0.1) is 24.8 Å². The van der Waals surface area contributed by atoms with Crippen molar-refractivity contribution in [2.24, 2.45) is 5.10 Å². The Morgan fingerprint density at radius 2 is 1.55 bits per heavy atom. The molecule has 0 fully saturated rings. The number of nitro groups is 1. The first kappa shape index (κ1) is 28.1. The first-order valence-electron chi connectivity index (χ1n) is 11.9. The summed E-state index contributed by atoms with van der Waals surface area (Å²) in [4.78, 5) is 51.9. The highest BCUT2D eigenvalue weighted by molar-refractivity contribution is 8.15. The molecule has 3 aromatic rings. The molecule has 0 radical (unpaired) electrons. The van der Waals surface area contributed by atoms with Crippen LogP contribution in [0, 0.1) is 10.1 Å². The number of thioether (sulfide) groups is 1. The molecule has 0 saturated heterocycles. The fourth-order valence-electron chi connectivity index (χ4n) is 4.06. The minimum atomic E-state index is -1.94. The molecule has 40 heavy (non-hydrogen) atoms. The molecule has 1 atom stereocenters. The molecule has 1 aliphatic heterocycles. The summed E-state index contributed by atoms with van der Waals surface area (Å²) < 4.78 is 9.93. The lowest BCUT2D eigenvalue weighted by atomic mass is 10.0. The lowest BCUT2D eigenvalue weighted by Gasteiger charge is -2.36. The fraction of sp³-hybridized carbons (Fsp3) is 0.185. The number of carbonyl (C=O) groups excluding carboxylic acids is 3. The standard InChI is InChI=1S/C27H25N5O7S/c1-29(18-19-10-6-4-7-11-19)24-28-31(26(35)39-3)27(40-24,20-12-8-5-9-13-20)23(33)30(25(34)38-2)21-14-16-22(17-15-21)32(36)37/h4-17H,18H2,1-3H3. The number of amides is 3. The molecule has 13 heteroatoms. The number of nitro benzene ring substituents is 1. The quantitative estimate of drug-likeness (QED) is 0.307. The summed E-state index contributed by atoms with van der Waals surface area (Å²) in [5.74, 6) is -0.901. The van der Waals surface area contributed by atoms with Crippen molar-refractivity contribution in [1.29, 1.82) is 0 Å². The van der Waals surface area contributed by atoms with E-state index in [0.717, 1.165) is 53.6 Å². The van der Waals surface area contributed by atoms with Gasteiger partial charge in [0, 0.05) is 31.3 Å². The Morgan fingerprint density at radius 3 is 2.10 bits per heavy atom. The monoisotopic (exact) mass is 563 g/mol. The molecular formula is C27H25N5O7S. The third-order valence-corrected chi connectivity index (χ3v) is 7.45. The van der Waals surface area contributed by atoms with Gasteiger partial charge in [0.1, 0.15) is 0 Å². The van der Waals surface area contributed by atoms with Crippen LogP contribution in [0.5, 0.6) is 0 Å². The van der Waals surface area contributed by atoms with Gasteiger partial charge in [-0.05, 0) is 29.5 Å². The molecule has 12 nitrogen and oxygen atoms in total. The number of ether oxygens (including phenoxy) is 2. The van der Waals surface area contributed by atoms with Crippen LogP contribution in [0.4, 0.5) is 21.0 Å². The molecular weight excluding hydrogens is 538 g/mol. The highest BCUT2D eigenvalue weighted by atomic mass is 32.2. The molecule has 3 aromatic carbocycles. The number of hydrazone groups is 1. The van der Waals surface area contributed by atoms with Crippen LogP contribution < -0.4 is 4.90 Å². The van der Waals surface area contributed by atoms with E-state index in [1.54, 1.807) is 42.3 Å². The van der Waals surface area contributed by atoms with E-state index in [4.69, 9.17) is 9.47 Å². The van der Waals surface area contributed by atoms with Gasteiger partial charge in [-0.3, -0.25) is 14.9 Å². The zero-order valence-corrected chi connectivity index (χ0v) is 22.6. The van der Waals surface area contributed by atoms with E-state index in [0.29, 0.717) is 17.3 Å². The van der Waals surface area contributed by atoms with Crippen LogP contribution in [0.3, 0.4) is 0 Å². The minimum Gasteiger partial charge on any atom is -0.452 e. The zero-order valence-electron chi connectivity index (χ0n) is 21.8. The molecule has 0 aromatic heterocycles. The second-order valence-corrected chi connectivity index (χ2v) is 9.66. The molecule has 3 amide bonds. The van der Waals surface area contributed by atoms with E-state index in [9.17, 15) is 24.5 Å². The molecule has 0 aliphatic carbocycles. The Labute approximate surface area is 233 Å². The predicted molar refractivity (Wildman–Crippen MR) is 148 cm³/mol. The Kier molecular flexibility index (Phi) is 8.34. The van der Waals surface area contributed by atoms with Gasteiger partial charge in [-0.15, -0.1) is 5.10 Å². The van der Waals surface area contributed by atoms with Gasteiger partial charge in [-0.2, -0.15) is 5.01 Å². The molecule has 1 aliphatic rings. The Hall–Kier alpha value is -4.91. The van der Waals surface area contributed by atoms with Crippen molar-refractivity contribution in [2.45, 2.75) is 11.4 Å². The van der Waals surface area contributed by atoms with Crippen LogP contribution in [-0.2, 0) is 25.7 Å². The van der Waals surface area contributed by atoms with E-state index in [2.05, 4.69) is 5.10 Å². The van der Waals surface area contributed by atoms with Crippen molar-refractivity contribution in [1.82, 2.24) is 9.91 Å². The molecule has 0 bridgehead atoms. The maximum absolute atomic E-state index is 14.6. The summed E-state index contributed by atoms with van der Waals surface area (Å²) in [7, 11) is 4.01. The van der Waals surface area contributed by atoms with Crippen LogP contribution in [0.25, 0.3) is 0 Å². The summed E-state index contributed by atoms with van der Waals surface area (Å²) in [6, 6.07) is 22.7. The van der Waals surface area contributed by atoms with Gasteiger partial charge in [-0.1, -0.05) is 60.7 Å². The lowest BCUT2D eigenvalue weighted by molar-refractivity contribution is -0.384.